The van der Waals surface area contributed by atoms with Gasteiger partial charge in [-0.25, -0.2) is 4.79 Å². The van der Waals surface area contributed by atoms with Crippen LogP contribution in [0.1, 0.15) is 6.92 Å². The van der Waals surface area contributed by atoms with Crippen LogP contribution in [0, 0.1) is 0 Å². The van der Waals surface area contributed by atoms with E-state index >= 15 is 0 Å². The summed E-state index contributed by atoms with van der Waals surface area (Å²) in [4.78, 5) is 11.0. The summed E-state index contributed by atoms with van der Waals surface area (Å²) in [5, 5.41) is 2.99. The highest BCUT2D eigenvalue weighted by Gasteiger charge is 2.02. The third kappa shape index (κ3) is 3.89. The molecular weight excluding hydrogens is 194 g/mol. The summed E-state index contributed by atoms with van der Waals surface area (Å²) in [5.41, 5.74) is 0.999. The van der Waals surface area contributed by atoms with Crippen LogP contribution in [0.25, 0.3) is 0 Å². The van der Waals surface area contributed by atoms with Gasteiger partial charge in [-0.15, -0.1) is 0 Å². The molecule has 0 saturated heterocycles. The summed E-state index contributed by atoms with van der Waals surface area (Å²) in [7, 11) is 1.84. The van der Waals surface area contributed by atoms with Crippen LogP contribution in [0.2, 0.25) is 0 Å². The highest BCUT2D eigenvalue weighted by molar-refractivity contribution is 5.71. The van der Waals surface area contributed by atoms with Crippen molar-refractivity contribution in [2.75, 3.05) is 25.6 Å². The molecule has 0 amide bonds. The lowest BCUT2D eigenvalue weighted by molar-refractivity contribution is -0.145. The lowest BCUT2D eigenvalue weighted by Crippen LogP contribution is -2.14. The van der Waals surface area contributed by atoms with Crippen LogP contribution < -0.4 is 10.1 Å². The molecule has 82 valence electrons. The maximum atomic E-state index is 11.0. The molecule has 1 aromatic carbocycles. The van der Waals surface area contributed by atoms with Gasteiger partial charge >= 0.3 is 5.97 Å². The Morgan fingerprint density at radius 3 is 2.53 bits per heavy atom. The normalized spacial score (nSPS) is 9.47. The van der Waals surface area contributed by atoms with E-state index < -0.39 is 0 Å². The van der Waals surface area contributed by atoms with Gasteiger partial charge in [0.1, 0.15) is 5.75 Å². The number of carbonyl (C=O) groups excluding carboxylic acids is 1. The van der Waals surface area contributed by atoms with E-state index in [0.717, 1.165) is 5.69 Å². The van der Waals surface area contributed by atoms with Gasteiger partial charge < -0.3 is 14.8 Å². The first kappa shape index (κ1) is 11.4. The molecule has 1 aromatic rings. The molecule has 0 radical (unpaired) electrons. The predicted octanol–water partition coefficient (Wildman–Crippen LogP) is 1.67. The molecule has 0 spiro atoms. The van der Waals surface area contributed by atoms with Crippen molar-refractivity contribution in [3.63, 3.8) is 0 Å². The highest BCUT2D eigenvalue weighted by atomic mass is 16.6. The van der Waals surface area contributed by atoms with Gasteiger partial charge in [-0.2, -0.15) is 0 Å². The van der Waals surface area contributed by atoms with E-state index in [1.807, 2.05) is 19.2 Å². The van der Waals surface area contributed by atoms with Crippen molar-refractivity contribution in [1.82, 2.24) is 0 Å². The molecule has 0 bridgehead atoms. The second-order valence-corrected chi connectivity index (χ2v) is 2.87. The molecule has 0 aliphatic heterocycles. The zero-order chi connectivity index (χ0) is 11.1. The minimum Gasteiger partial charge on any atom is -0.482 e. The molecule has 1 N–H and O–H groups in total. The lowest BCUT2D eigenvalue weighted by Gasteiger charge is -2.06. The Balaban J connectivity index is 2.40. The third-order valence-electron chi connectivity index (χ3n) is 1.81. The summed E-state index contributed by atoms with van der Waals surface area (Å²) in [6, 6.07) is 7.34. The minimum atomic E-state index is -0.352. The second kappa shape index (κ2) is 5.90. The molecule has 0 aromatic heterocycles. The number of anilines is 1. The standard InChI is InChI=1S/C11H15NO3/c1-3-14-11(13)8-15-10-6-4-9(12-2)5-7-10/h4-7,12H,3,8H2,1-2H3. The van der Waals surface area contributed by atoms with Crippen LogP contribution in [-0.4, -0.2) is 26.2 Å². The Kier molecular flexibility index (Phi) is 4.47. The van der Waals surface area contributed by atoms with E-state index in [9.17, 15) is 4.79 Å². The van der Waals surface area contributed by atoms with E-state index in [1.165, 1.54) is 0 Å². The van der Waals surface area contributed by atoms with Crippen molar-refractivity contribution >= 4 is 11.7 Å². The molecule has 0 atom stereocenters. The number of rotatable bonds is 5. The Morgan fingerprint density at radius 1 is 1.33 bits per heavy atom. The van der Waals surface area contributed by atoms with Gasteiger partial charge in [-0.1, -0.05) is 0 Å². The molecule has 4 nitrogen and oxygen atoms in total. The number of hydrogen-bond acceptors (Lipinski definition) is 4. The first-order chi connectivity index (χ1) is 7.26. The summed E-state index contributed by atoms with van der Waals surface area (Å²) in [6.07, 6.45) is 0. The maximum absolute atomic E-state index is 11.0. The minimum absolute atomic E-state index is 0.0489. The summed E-state index contributed by atoms with van der Waals surface area (Å²) < 4.78 is 9.95. The Hall–Kier alpha value is -1.71. The fourth-order valence-corrected chi connectivity index (χ4v) is 1.06. The van der Waals surface area contributed by atoms with E-state index in [4.69, 9.17) is 9.47 Å². The van der Waals surface area contributed by atoms with Crippen molar-refractivity contribution in [3.05, 3.63) is 24.3 Å². The molecule has 0 unspecified atom stereocenters. The van der Waals surface area contributed by atoms with Crippen LogP contribution in [0.5, 0.6) is 5.75 Å². The van der Waals surface area contributed by atoms with Crippen molar-refractivity contribution in [1.29, 1.82) is 0 Å². The highest BCUT2D eigenvalue weighted by Crippen LogP contribution is 2.14. The smallest absolute Gasteiger partial charge is 0.344 e. The predicted molar refractivity (Wildman–Crippen MR) is 58.1 cm³/mol. The molecular formula is C11H15NO3. The molecule has 4 heteroatoms. The molecule has 0 aliphatic rings. The van der Waals surface area contributed by atoms with Crippen LogP contribution >= 0.6 is 0 Å². The van der Waals surface area contributed by atoms with Gasteiger partial charge in [0.25, 0.3) is 0 Å². The number of benzene rings is 1. The second-order valence-electron chi connectivity index (χ2n) is 2.87. The lowest BCUT2D eigenvalue weighted by atomic mass is 10.3. The molecule has 1 rings (SSSR count). The summed E-state index contributed by atoms with van der Waals surface area (Å²) in [6.45, 7) is 2.09. The van der Waals surface area contributed by atoms with Crippen LogP contribution in [-0.2, 0) is 9.53 Å². The first-order valence-corrected chi connectivity index (χ1v) is 4.82. The monoisotopic (exact) mass is 209 g/mol. The van der Waals surface area contributed by atoms with Crippen molar-refractivity contribution in [3.8, 4) is 5.75 Å². The number of nitrogens with one attached hydrogen (secondary N) is 1. The van der Waals surface area contributed by atoms with Crippen molar-refractivity contribution in [2.24, 2.45) is 0 Å². The molecule has 15 heavy (non-hydrogen) atoms. The van der Waals surface area contributed by atoms with Gasteiger partial charge in [0.15, 0.2) is 6.61 Å². The van der Waals surface area contributed by atoms with Gasteiger partial charge in [-0.3, -0.25) is 0 Å². The summed E-state index contributed by atoms with van der Waals surface area (Å²) >= 11 is 0. The zero-order valence-corrected chi connectivity index (χ0v) is 8.95. The van der Waals surface area contributed by atoms with Crippen LogP contribution in [0.3, 0.4) is 0 Å². The number of ether oxygens (including phenoxy) is 2. The fraction of sp³-hybridized carbons (Fsp3) is 0.364. The molecule has 0 aliphatic carbocycles. The van der Waals surface area contributed by atoms with Gasteiger partial charge in [-0.05, 0) is 31.2 Å². The van der Waals surface area contributed by atoms with Crippen molar-refractivity contribution < 1.29 is 14.3 Å². The molecule has 0 saturated carbocycles. The fourth-order valence-electron chi connectivity index (χ4n) is 1.06. The average Bonchev–Trinajstić information content (AvgIpc) is 2.27. The zero-order valence-electron chi connectivity index (χ0n) is 8.95. The van der Waals surface area contributed by atoms with Gasteiger partial charge in [0.2, 0.25) is 0 Å². The van der Waals surface area contributed by atoms with E-state index in [2.05, 4.69) is 5.32 Å². The van der Waals surface area contributed by atoms with Gasteiger partial charge in [0, 0.05) is 12.7 Å². The quantitative estimate of drug-likeness (QED) is 0.749. The number of hydrogen-bond donors (Lipinski definition) is 1. The van der Waals surface area contributed by atoms with E-state index in [0.29, 0.717) is 12.4 Å². The third-order valence-corrected chi connectivity index (χ3v) is 1.81. The Labute approximate surface area is 89.2 Å². The SMILES string of the molecule is CCOC(=O)COc1ccc(NC)cc1. The number of carbonyl (C=O) groups is 1. The Bertz CT molecular complexity index is 308. The van der Waals surface area contributed by atoms with Crippen LogP contribution in [0.4, 0.5) is 5.69 Å². The topological polar surface area (TPSA) is 47.6 Å². The number of esters is 1. The average molecular weight is 209 g/mol. The van der Waals surface area contributed by atoms with E-state index in [-0.39, 0.29) is 12.6 Å². The Morgan fingerprint density at radius 2 is 2.00 bits per heavy atom. The van der Waals surface area contributed by atoms with Crippen LogP contribution in [0.15, 0.2) is 24.3 Å². The molecule has 0 fully saturated rings. The first-order valence-electron chi connectivity index (χ1n) is 4.82. The summed E-state index contributed by atoms with van der Waals surface area (Å²) in [5.74, 6) is 0.303. The largest absolute Gasteiger partial charge is 0.482 e. The van der Waals surface area contributed by atoms with E-state index in [1.54, 1.807) is 19.1 Å². The van der Waals surface area contributed by atoms with Crippen molar-refractivity contribution in [2.45, 2.75) is 6.92 Å². The molecule has 0 heterocycles. The maximum Gasteiger partial charge on any atom is 0.344 e. The van der Waals surface area contributed by atoms with Gasteiger partial charge in [0.05, 0.1) is 6.61 Å².